The van der Waals surface area contributed by atoms with Crippen molar-refractivity contribution in [2.75, 3.05) is 0 Å². The van der Waals surface area contributed by atoms with E-state index in [-0.39, 0.29) is 10.1 Å². The first kappa shape index (κ1) is 31.9. The Balaban J connectivity index is 2.10. The molecule has 3 heterocycles. The summed E-state index contributed by atoms with van der Waals surface area (Å²) in [7, 11) is -4.81. The molecule has 222 valence electrons. The van der Waals surface area contributed by atoms with Gasteiger partial charge in [-0.25, -0.2) is 9.59 Å². The second kappa shape index (κ2) is 10.4. The van der Waals surface area contributed by atoms with E-state index < -0.39 is 76.2 Å². The Bertz CT molecular complexity index is 1170. The Kier molecular flexibility index (Phi) is 8.49. The highest BCUT2D eigenvalue weighted by molar-refractivity contribution is 6.74. The van der Waals surface area contributed by atoms with Gasteiger partial charge in [0.1, 0.15) is 30.0 Å². The van der Waals surface area contributed by atoms with E-state index in [1.54, 1.807) is 20.8 Å². The molecule has 2 aliphatic rings. The van der Waals surface area contributed by atoms with Crippen LogP contribution in [0, 0.1) is 0 Å². The van der Waals surface area contributed by atoms with Crippen molar-refractivity contribution in [3.8, 4) is 0 Å². The number of hydrogen-bond donors (Lipinski definition) is 1. The van der Waals surface area contributed by atoms with E-state index in [1.165, 1.54) is 16.8 Å². The summed E-state index contributed by atoms with van der Waals surface area (Å²) in [5.74, 6) is -0.464. The Labute approximate surface area is 234 Å². The van der Waals surface area contributed by atoms with Gasteiger partial charge in [-0.05, 0) is 57.0 Å². The summed E-state index contributed by atoms with van der Waals surface area (Å²) in [6.07, 6.45) is -2.91. The van der Waals surface area contributed by atoms with E-state index in [1.807, 2.05) is 0 Å². The maximum atomic E-state index is 13.0. The maximum absolute atomic E-state index is 13.0. The summed E-state index contributed by atoms with van der Waals surface area (Å²) in [5, 5.41) is -0.261. The quantitative estimate of drug-likeness (QED) is 0.286. The fraction of sp³-hybridized carbons (Fsp3) is 0.815. The molecule has 0 unspecified atom stereocenters. The molecule has 0 amide bonds. The summed E-state index contributed by atoms with van der Waals surface area (Å²) in [5.41, 5.74) is -1.78. The molecule has 39 heavy (non-hydrogen) atoms. The van der Waals surface area contributed by atoms with Crippen molar-refractivity contribution < 1.29 is 27.9 Å². The average molecular weight is 585 g/mol. The minimum Gasteiger partial charge on any atom is -0.458 e. The third-order valence-corrected chi connectivity index (χ3v) is 17.3. The van der Waals surface area contributed by atoms with Crippen molar-refractivity contribution in [3.05, 3.63) is 33.1 Å². The summed E-state index contributed by atoms with van der Waals surface area (Å²) in [6, 6.07) is 1.28. The summed E-state index contributed by atoms with van der Waals surface area (Å²) < 4.78 is 33.3. The van der Waals surface area contributed by atoms with Crippen LogP contribution in [0.5, 0.6) is 0 Å². The van der Waals surface area contributed by atoms with Gasteiger partial charge in [0.15, 0.2) is 29.0 Å². The maximum Gasteiger partial charge on any atom is 0.338 e. The zero-order valence-electron chi connectivity index (χ0n) is 25.8. The van der Waals surface area contributed by atoms with Gasteiger partial charge in [-0.1, -0.05) is 41.5 Å². The Hall–Kier alpha value is -1.58. The van der Waals surface area contributed by atoms with Crippen LogP contribution in [-0.4, -0.2) is 68.3 Å². The zero-order chi connectivity index (χ0) is 29.9. The summed E-state index contributed by atoms with van der Waals surface area (Å²) in [4.78, 5) is 40.0. The van der Waals surface area contributed by atoms with Crippen LogP contribution in [-0.2, 0) is 27.9 Å². The summed E-state index contributed by atoms with van der Waals surface area (Å²) in [6.45, 7) is 26.8. The van der Waals surface area contributed by atoms with Gasteiger partial charge in [-0.2, -0.15) is 0 Å². The molecular formula is C27H48N2O8Si2. The molecule has 2 saturated heterocycles. The van der Waals surface area contributed by atoms with Gasteiger partial charge in [-0.15, -0.1) is 0 Å². The van der Waals surface area contributed by atoms with Crippen molar-refractivity contribution >= 4 is 22.6 Å². The molecule has 1 aromatic heterocycles. The highest BCUT2D eigenvalue weighted by Gasteiger charge is 2.63. The Morgan fingerprint density at radius 1 is 0.846 bits per heavy atom. The normalized spacial score (nSPS) is 28.4. The first-order valence-corrected chi connectivity index (χ1v) is 19.5. The smallest absolute Gasteiger partial charge is 0.338 e. The van der Waals surface area contributed by atoms with Crippen LogP contribution in [0.4, 0.5) is 0 Å². The molecule has 3 rings (SSSR count). The highest BCUT2D eigenvalue weighted by Crippen LogP contribution is 2.48. The molecule has 2 fully saturated rings. The average Bonchev–Trinajstić information content (AvgIpc) is 3.44. The second-order valence-corrected chi connectivity index (χ2v) is 24.3. The third kappa shape index (κ3) is 7.02. The number of nitrogens with zero attached hydrogens (tertiary/aromatic N) is 1. The molecule has 1 aromatic rings. The molecule has 12 heteroatoms. The number of rotatable bonds is 7. The van der Waals surface area contributed by atoms with Crippen LogP contribution in [0.25, 0.3) is 0 Å². The second-order valence-electron chi connectivity index (χ2n) is 14.7. The topological polar surface area (TPSA) is 121 Å². The van der Waals surface area contributed by atoms with Crippen LogP contribution in [0.1, 0.15) is 68.5 Å². The Morgan fingerprint density at radius 2 is 1.36 bits per heavy atom. The number of esters is 1. The molecule has 6 atom stereocenters. The van der Waals surface area contributed by atoms with Gasteiger partial charge in [0.05, 0.1) is 0 Å². The zero-order valence-corrected chi connectivity index (χ0v) is 27.8. The van der Waals surface area contributed by atoms with E-state index in [0.717, 1.165) is 0 Å². The standard InChI is InChI=1S/C27H48N2O8Si2/c1-25(2,3)35-23(31)21-18(33-21)17-19(36-38(10,11)26(4,5)6)20(37-39(12,13)27(7,8)9)22(34-17)29-15-14-16(30)28-24(29)32/h14-15,17-22H,1-13H3,(H,28,30,32)/t17-,18+,19-,20-,21-,22-/m1/s1. The van der Waals surface area contributed by atoms with Crippen LogP contribution in [0.15, 0.2) is 21.9 Å². The lowest BCUT2D eigenvalue weighted by atomic mass is 10.1. The number of ether oxygens (including phenoxy) is 3. The molecule has 0 aliphatic carbocycles. The molecule has 0 radical (unpaired) electrons. The fourth-order valence-electron chi connectivity index (χ4n) is 4.00. The fourth-order valence-corrected chi connectivity index (χ4v) is 6.58. The number of aromatic amines is 1. The SMILES string of the molecule is CC(C)(C)OC(=O)[C@@H]1O[C@H]1[C@H]1O[C@@H](n2ccc(=O)[nH]c2=O)[C@H](O[Si](C)(C)C(C)(C)C)[C@@H]1O[Si](C)(C)C(C)(C)C. The Morgan fingerprint density at radius 3 is 1.82 bits per heavy atom. The highest BCUT2D eigenvalue weighted by atomic mass is 28.4. The lowest BCUT2D eigenvalue weighted by Gasteiger charge is -2.44. The number of aromatic nitrogens is 2. The molecule has 0 saturated carbocycles. The first-order valence-electron chi connectivity index (χ1n) is 13.7. The minimum absolute atomic E-state index is 0.124. The van der Waals surface area contributed by atoms with Gasteiger partial charge in [0.2, 0.25) is 0 Å². The van der Waals surface area contributed by atoms with Crippen LogP contribution >= 0.6 is 0 Å². The van der Waals surface area contributed by atoms with Crippen LogP contribution in [0.3, 0.4) is 0 Å². The van der Waals surface area contributed by atoms with E-state index in [0.29, 0.717) is 0 Å². The van der Waals surface area contributed by atoms with Gasteiger partial charge < -0.3 is 23.1 Å². The van der Waals surface area contributed by atoms with Gasteiger partial charge >= 0.3 is 11.7 Å². The molecule has 0 bridgehead atoms. The molecule has 10 nitrogen and oxygen atoms in total. The predicted molar refractivity (Wildman–Crippen MR) is 154 cm³/mol. The van der Waals surface area contributed by atoms with Crippen molar-refractivity contribution in [2.45, 2.75) is 141 Å². The minimum atomic E-state index is -2.41. The number of hydrogen-bond acceptors (Lipinski definition) is 8. The van der Waals surface area contributed by atoms with E-state index in [9.17, 15) is 14.4 Å². The number of epoxide rings is 1. The number of carbonyl (C=O) groups is 1. The van der Waals surface area contributed by atoms with Crippen LogP contribution in [0.2, 0.25) is 36.3 Å². The van der Waals surface area contributed by atoms with Gasteiger partial charge in [-0.3, -0.25) is 14.3 Å². The van der Waals surface area contributed by atoms with Crippen molar-refractivity contribution in [2.24, 2.45) is 0 Å². The van der Waals surface area contributed by atoms with Crippen LogP contribution < -0.4 is 11.2 Å². The third-order valence-electron chi connectivity index (χ3n) is 8.31. The lowest BCUT2D eigenvalue weighted by Crippen LogP contribution is -2.54. The molecule has 0 aromatic carbocycles. The lowest BCUT2D eigenvalue weighted by molar-refractivity contribution is -0.156. The number of nitrogens with one attached hydrogen (secondary N) is 1. The van der Waals surface area contributed by atoms with Crippen molar-refractivity contribution in [1.82, 2.24) is 9.55 Å². The largest absolute Gasteiger partial charge is 0.458 e. The van der Waals surface area contributed by atoms with Gasteiger partial charge in [0, 0.05) is 12.3 Å². The number of H-pyrrole nitrogens is 1. The van der Waals surface area contributed by atoms with E-state index >= 15 is 0 Å². The number of carbonyl (C=O) groups excluding carboxylic acids is 1. The molecular weight excluding hydrogens is 536 g/mol. The summed E-state index contributed by atoms with van der Waals surface area (Å²) >= 11 is 0. The molecule has 1 N–H and O–H groups in total. The van der Waals surface area contributed by atoms with Crippen molar-refractivity contribution in [1.29, 1.82) is 0 Å². The molecule has 2 aliphatic heterocycles. The van der Waals surface area contributed by atoms with Gasteiger partial charge in [0.25, 0.3) is 5.56 Å². The van der Waals surface area contributed by atoms with E-state index in [4.69, 9.17) is 23.1 Å². The monoisotopic (exact) mass is 584 g/mol. The predicted octanol–water partition coefficient (Wildman–Crippen LogP) is 4.32. The van der Waals surface area contributed by atoms with Crippen molar-refractivity contribution in [3.63, 3.8) is 0 Å². The van der Waals surface area contributed by atoms with E-state index in [2.05, 4.69) is 72.7 Å². The first-order chi connectivity index (χ1) is 17.5. The molecule has 0 spiro atoms.